The summed E-state index contributed by atoms with van der Waals surface area (Å²) >= 11 is 0. The smallest absolute Gasteiger partial charge is 0.399 e. The molecule has 0 saturated heterocycles. The van der Waals surface area contributed by atoms with Gasteiger partial charge in [-0.25, -0.2) is 0 Å². The summed E-state index contributed by atoms with van der Waals surface area (Å²) in [6.07, 6.45) is 1.67. The Morgan fingerprint density at radius 1 is 1.53 bits per heavy atom. The van der Waals surface area contributed by atoms with Gasteiger partial charge in [-0.2, -0.15) is 0 Å². The zero-order valence-corrected chi connectivity index (χ0v) is 10.4. The van der Waals surface area contributed by atoms with Crippen LogP contribution in [-0.4, -0.2) is 11.5 Å². The van der Waals surface area contributed by atoms with E-state index in [2.05, 4.69) is 0 Å². The third-order valence-electron chi connectivity index (χ3n) is 2.10. The van der Waals surface area contributed by atoms with Crippen molar-refractivity contribution in [2.75, 3.05) is 12.3 Å². The van der Waals surface area contributed by atoms with E-state index in [1.807, 2.05) is 6.92 Å². The lowest BCUT2D eigenvalue weighted by atomic mass is 10.3. The predicted octanol–water partition coefficient (Wildman–Crippen LogP) is 2.36. The summed E-state index contributed by atoms with van der Waals surface area (Å²) in [6.45, 7) is 2.29. The van der Waals surface area contributed by atoms with Crippen molar-refractivity contribution >= 4 is 24.7 Å². The van der Waals surface area contributed by atoms with Gasteiger partial charge in [-0.05, 0) is 17.1 Å². The average molecular weight is 257 g/mol. The number of nitrogen functional groups attached to an aromatic ring is 1. The van der Waals surface area contributed by atoms with Crippen molar-refractivity contribution in [3.8, 4) is 0 Å². The number of nitro benzene ring substituents is 1. The highest BCUT2D eigenvalue weighted by atomic mass is 31.1. The lowest BCUT2D eigenvalue weighted by Gasteiger charge is -1.95. The van der Waals surface area contributed by atoms with Crippen LogP contribution in [0.5, 0.6) is 0 Å². The summed E-state index contributed by atoms with van der Waals surface area (Å²) in [6, 6.07) is 3.96. The van der Waals surface area contributed by atoms with Crippen LogP contribution in [0.2, 0.25) is 0 Å². The van der Waals surface area contributed by atoms with Crippen LogP contribution in [0.4, 0.5) is 11.4 Å². The Morgan fingerprint density at radius 2 is 2.24 bits per heavy atom. The molecule has 1 unspecified atom stereocenters. The van der Waals surface area contributed by atoms with E-state index in [-0.39, 0.29) is 11.0 Å². The molecule has 0 aliphatic carbocycles. The van der Waals surface area contributed by atoms with Crippen molar-refractivity contribution in [1.29, 1.82) is 0 Å². The van der Waals surface area contributed by atoms with Gasteiger partial charge in [0.1, 0.15) is 6.61 Å². The van der Waals surface area contributed by atoms with Crippen molar-refractivity contribution in [3.63, 3.8) is 0 Å². The highest BCUT2D eigenvalue weighted by Crippen LogP contribution is 2.28. The summed E-state index contributed by atoms with van der Waals surface area (Å²) in [5.41, 5.74) is 5.62. The van der Waals surface area contributed by atoms with Gasteiger partial charge in [0.05, 0.1) is 4.92 Å². The van der Waals surface area contributed by atoms with Crippen molar-refractivity contribution < 1.29 is 14.0 Å². The molecule has 0 spiro atoms. The number of nitrogens with zero attached hydrogens (tertiary/aromatic N) is 1. The SMILES string of the molecule is CCCCO[P+](=O)c1cc(N)ccc1[N+](=O)[O-]. The van der Waals surface area contributed by atoms with Crippen LogP contribution < -0.4 is 11.0 Å². The number of hydrogen-bond acceptors (Lipinski definition) is 5. The second-order valence-corrected chi connectivity index (χ2v) is 4.70. The largest absolute Gasteiger partial charge is 0.556 e. The maximum Gasteiger partial charge on any atom is 0.556 e. The molecule has 1 aromatic carbocycles. The molecular formula is C10H14N2O4P+. The summed E-state index contributed by atoms with van der Waals surface area (Å²) < 4.78 is 16.8. The minimum Gasteiger partial charge on any atom is -0.399 e. The maximum absolute atomic E-state index is 11.8. The molecule has 1 atom stereocenters. The van der Waals surface area contributed by atoms with Gasteiger partial charge < -0.3 is 5.73 Å². The summed E-state index contributed by atoms with van der Waals surface area (Å²) in [5, 5.41) is 10.8. The van der Waals surface area contributed by atoms with Crippen LogP contribution in [0.3, 0.4) is 0 Å². The number of nitrogens with two attached hydrogens (primary N) is 1. The van der Waals surface area contributed by atoms with Crippen LogP contribution in [0.25, 0.3) is 0 Å². The van der Waals surface area contributed by atoms with E-state index in [4.69, 9.17) is 10.3 Å². The summed E-state index contributed by atoms with van der Waals surface area (Å²) in [4.78, 5) is 10.2. The number of benzene rings is 1. The van der Waals surface area contributed by atoms with Crippen molar-refractivity contribution in [3.05, 3.63) is 28.3 Å². The standard InChI is InChI=1S/C10H14N2O4P/c1-2-3-6-16-17(15)10-7-8(11)4-5-9(10)12(13)14/h4-5,7H,2-3,6,11H2,1H3/q+1. The van der Waals surface area contributed by atoms with Crippen LogP contribution >= 0.6 is 8.03 Å². The lowest BCUT2D eigenvalue weighted by molar-refractivity contribution is -0.383. The fourth-order valence-corrected chi connectivity index (χ4v) is 2.23. The van der Waals surface area contributed by atoms with E-state index in [9.17, 15) is 14.7 Å². The van der Waals surface area contributed by atoms with E-state index in [0.29, 0.717) is 12.3 Å². The molecule has 17 heavy (non-hydrogen) atoms. The first kappa shape index (κ1) is 13.5. The first-order chi connectivity index (χ1) is 8.06. The molecule has 0 bridgehead atoms. The van der Waals surface area contributed by atoms with Gasteiger partial charge in [0.25, 0.3) is 0 Å². The van der Waals surface area contributed by atoms with Crippen molar-refractivity contribution in [1.82, 2.24) is 0 Å². The molecule has 0 amide bonds. The van der Waals surface area contributed by atoms with E-state index in [1.165, 1.54) is 18.2 Å². The Balaban J connectivity index is 2.90. The minimum absolute atomic E-state index is 0.0427. The van der Waals surface area contributed by atoms with Crippen LogP contribution in [0.15, 0.2) is 18.2 Å². The van der Waals surface area contributed by atoms with E-state index >= 15 is 0 Å². The summed E-state index contributed by atoms with van der Waals surface area (Å²) in [5.74, 6) is 0. The highest BCUT2D eigenvalue weighted by molar-refractivity contribution is 7.48. The fraction of sp³-hybridized carbons (Fsp3) is 0.400. The Hall–Kier alpha value is -1.52. The second kappa shape index (κ2) is 6.27. The van der Waals surface area contributed by atoms with Crippen LogP contribution in [0, 0.1) is 10.1 Å². The molecule has 0 saturated carbocycles. The zero-order chi connectivity index (χ0) is 12.8. The molecule has 2 N–H and O–H groups in total. The number of rotatable bonds is 6. The van der Waals surface area contributed by atoms with Crippen molar-refractivity contribution in [2.45, 2.75) is 19.8 Å². The normalized spacial score (nSPS) is 11.2. The van der Waals surface area contributed by atoms with Gasteiger partial charge in [-0.3, -0.25) is 10.1 Å². The predicted molar refractivity (Wildman–Crippen MR) is 65.6 cm³/mol. The Kier molecular flexibility index (Phi) is 5.00. The van der Waals surface area contributed by atoms with E-state index < -0.39 is 13.0 Å². The fourth-order valence-electron chi connectivity index (χ4n) is 1.20. The molecule has 0 aliphatic heterocycles. The van der Waals surface area contributed by atoms with Gasteiger partial charge in [0.15, 0.2) is 0 Å². The molecule has 1 rings (SSSR count). The Morgan fingerprint density at radius 3 is 2.82 bits per heavy atom. The Labute approximate surface area is 99.8 Å². The van der Waals surface area contributed by atoms with Crippen LogP contribution in [-0.2, 0) is 9.09 Å². The first-order valence-corrected chi connectivity index (χ1v) is 6.38. The minimum atomic E-state index is -2.23. The van der Waals surface area contributed by atoms with E-state index in [0.717, 1.165) is 12.8 Å². The van der Waals surface area contributed by atoms with E-state index in [1.54, 1.807) is 0 Å². The second-order valence-electron chi connectivity index (χ2n) is 3.45. The first-order valence-electron chi connectivity index (χ1n) is 5.20. The highest BCUT2D eigenvalue weighted by Gasteiger charge is 2.33. The Bertz CT molecular complexity index is 436. The molecule has 7 heteroatoms. The third kappa shape index (κ3) is 3.76. The summed E-state index contributed by atoms with van der Waals surface area (Å²) in [7, 11) is -2.23. The molecule has 0 radical (unpaired) electrons. The average Bonchev–Trinajstić information content (AvgIpc) is 2.28. The molecule has 0 heterocycles. The molecule has 0 aromatic heterocycles. The van der Waals surface area contributed by atoms with Crippen molar-refractivity contribution in [2.24, 2.45) is 0 Å². The number of nitro groups is 1. The molecule has 6 nitrogen and oxygen atoms in total. The topological polar surface area (TPSA) is 95.5 Å². The lowest BCUT2D eigenvalue weighted by Crippen LogP contribution is -2.08. The monoisotopic (exact) mass is 257 g/mol. The van der Waals surface area contributed by atoms with Gasteiger partial charge in [0.2, 0.25) is 0 Å². The number of anilines is 1. The number of unbranched alkanes of at least 4 members (excludes halogenated alkanes) is 1. The van der Waals surface area contributed by atoms with Gasteiger partial charge >= 0.3 is 19.0 Å². The zero-order valence-electron chi connectivity index (χ0n) is 9.46. The number of hydrogen-bond donors (Lipinski definition) is 1. The molecule has 1 aromatic rings. The third-order valence-corrected chi connectivity index (χ3v) is 3.27. The molecule has 0 aliphatic rings. The maximum atomic E-state index is 11.8. The molecular weight excluding hydrogens is 243 g/mol. The van der Waals surface area contributed by atoms with Gasteiger partial charge in [-0.1, -0.05) is 13.3 Å². The molecule has 0 fully saturated rings. The van der Waals surface area contributed by atoms with Gasteiger partial charge in [-0.15, -0.1) is 4.52 Å². The van der Waals surface area contributed by atoms with Crippen LogP contribution in [0.1, 0.15) is 19.8 Å². The van der Waals surface area contributed by atoms with Gasteiger partial charge in [0, 0.05) is 17.8 Å². The molecule has 92 valence electrons. The quantitative estimate of drug-likeness (QED) is 0.277.